The highest BCUT2D eigenvalue weighted by Gasteiger charge is 2.24. The monoisotopic (exact) mass is 166 g/mol. The summed E-state index contributed by atoms with van der Waals surface area (Å²) in [5, 5.41) is 0. The maximum absolute atomic E-state index is 5.23. The van der Waals surface area contributed by atoms with Gasteiger partial charge in [0.05, 0.1) is 0 Å². The van der Waals surface area contributed by atoms with Gasteiger partial charge in [-0.2, -0.15) is 0 Å². The molecule has 1 atom stereocenters. The molecule has 0 aromatic carbocycles. The molecule has 0 aliphatic carbocycles. The molecule has 0 spiro atoms. The van der Waals surface area contributed by atoms with Crippen LogP contribution in [0.2, 0.25) is 0 Å². The summed E-state index contributed by atoms with van der Waals surface area (Å²) in [5.41, 5.74) is 0.497. The van der Waals surface area contributed by atoms with E-state index in [9.17, 15) is 0 Å². The van der Waals surface area contributed by atoms with Gasteiger partial charge in [-0.05, 0) is 24.2 Å². The molecule has 0 N–H and O–H groups in total. The fourth-order valence-corrected chi connectivity index (χ4v) is 1.47. The van der Waals surface area contributed by atoms with Gasteiger partial charge in [-0.25, -0.2) is 0 Å². The number of hydrogen-bond acceptors (Lipinski definition) is 0. The van der Waals surface area contributed by atoms with Crippen molar-refractivity contribution in [2.75, 3.05) is 0 Å². The van der Waals surface area contributed by atoms with Crippen molar-refractivity contribution in [3.63, 3.8) is 0 Å². The molecule has 0 amide bonds. The van der Waals surface area contributed by atoms with E-state index >= 15 is 0 Å². The van der Waals surface area contributed by atoms with Crippen molar-refractivity contribution < 1.29 is 0 Å². The second kappa shape index (κ2) is 5.25. The Morgan fingerprint density at radius 2 is 2.00 bits per heavy atom. The lowest BCUT2D eigenvalue weighted by atomic mass is 9.73. The van der Waals surface area contributed by atoms with Gasteiger partial charge >= 0.3 is 0 Å². The zero-order chi connectivity index (χ0) is 9.61. The Bertz CT molecular complexity index is 150. The lowest BCUT2D eigenvalue weighted by Gasteiger charge is -2.32. The highest BCUT2D eigenvalue weighted by Crippen LogP contribution is 2.35. The smallest absolute Gasteiger partial charge is 0.00862 e. The molecule has 0 fully saturated rings. The van der Waals surface area contributed by atoms with Gasteiger partial charge < -0.3 is 0 Å². The second-order valence-corrected chi connectivity index (χ2v) is 4.22. The van der Waals surface area contributed by atoms with Crippen LogP contribution in [0.25, 0.3) is 0 Å². The molecule has 0 saturated heterocycles. The minimum absolute atomic E-state index is 0.497. The molecule has 0 rings (SSSR count). The van der Waals surface area contributed by atoms with Crippen LogP contribution in [0.3, 0.4) is 0 Å². The van der Waals surface area contributed by atoms with Gasteiger partial charge in [0, 0.05) is 6.42 Å². The Balaban J connectivity index is 3.90. The van der Waals surface area contributed by atoms with Gasteiger partial charge in [0.25, 0.3) is 0 Å². The van der Waals surface area contributed by atoms with E-state index in [1.165, 1.54) is 19.3 Å². The average Bonchev–Trinajstić information content (AvgIpc) is 2.04. The van der Waals surface area contributed by atoms with Gasteiger partial charge in [0.15, 0.2) is 0 Å². The first-order valence-electron chi connectivity index (χ1n) is 5.00. The van der Waals surface area contributed by atoms with Crippen molar-refractivity contribution in [2.45, 2.75) is 53.4 Å². The van der Waals surface area contributed by atoms with E-state index in [0.717, 1.165) is 12.3 Å². The minimum atomic E-state index is 0.497. The molecule has 0 heterocycles. The van der Waals surface area contributed by atoms with Crippen LogP contribution in [0, 0.1) is 23.7 Å². The Morgan fingerprint density at radius 1 is 1.42 bits per heavy atom. The van der Waals surface area contributed by atoms with E-state index in [1.807, 2.05) is 0 Å². The molecule has 70 valence electrons. The molecule has 0 aromatic heterocycles. The van der Waals surface area contributed by atoms with E-state index in [1.54, 1.807) is 0 Å². The van der Waals surface area contributed by atoms with Crippen molar-refractivity contribution in [3.8, 4) is 12.3 Å². The zero-order valence-corrected chi connectivity index (χ0v) is 8.98. The average molecular weight is 166 g/mol. The first kappa shape index (κ1) is 11.6. The third-order valence-corrected chi connectivity index (χ3v) is 3.27. The van der Waals surface area contributed by atoms with Crippen LogP contribution in [0.4, 0.5) is 0 Å². The predicted octanol–water partition coefficient (Wildman–Crippen LogP) is 3.86. The summed E-state index contributed by atoms with van der Waals surface area (Å²) in [7, 11) is 0. The van der Waals surface area contributed by atoms with Gasteiger partial charge in [-0.3, -0.25) is 0 Å². The largest absolute Gasteiger partial charge is 0.120 e. The minimum Gasteiger partial charge on any atom is -0.120 e. The summed E-state index contributed by atoms with van der Waals surface area (Å²) in [6.07, 6.45) is 9.87. The highest BCUT2D eigenvalue weighted by molar-refractivity contribution is 4.85. The lowest BCUT2D eigenvalue weighted by Crippen LogP contribution is -2.22. The first-order chi connectivity index (χ1) is 5.56. The van der Waals surface area contributed by atoms with Crippen molar-refractivity contribution in [1.29, 1.82) is 0 Å². The fraction of sp³-hybridized carbons (Fsp3) is 0.833. The Hall–Kier alpha value is -0.440. The maximum Gasteiger partial charge on any atom is 0.00862 e. The summed E-state index contributed by atoms with van der Waals surface area (Å²) in [5.74, 6) is 3.47. The van der Waals surface area contributed by atoms with Crippen LogP contribution >= 0.6 is 0 Å². The van der Waals surface area contributed by atoms with E-state index < -0.39 is 0 Å². The lowest BCUT2D eigenvalue weighted by molar-refractivity contribution is 0.186. The van der Waals surface area contributed by atoms with E-state index in [4.69, 9.17) is 6.42 Å². The van der Waals surface area contributed by atoms with Crippen molar-refractivity contribution in [1.82, 2.24) is 0 Å². The van der Waals surface area contributed by atoms with Crippen molar-refractivity contribution in [3.05, 3.63) is 0 Å². The van der Waals surface area contributed by atoms with Gasteiger partial charge in [-0.15, -0.1) is 12.3 Å². The number of hydrogen-bond donors (Lipinski definition) is 0. The summed E-state index contributed by atoms with van der Waals surface area (Å²) in [6.45, 7) is 9.25. The highest BCUT2D eigenvalue weighted by atomic mass is 14.3. The molecule has 0 heteroatoms. The van der Waals surface area contributed by atoms with E-state index in [0.29, 0.717) is 5.41 Å². The molecule has 0 saturated carbocycles. The fourth-order valence-electron chi connectivity index (χ4n) is 1.47. The van der Waals surface area contributed by atoms with Crippen molar-refractivity contribution in [2.24, 2.45) is 11.3 Å². The summed E-state index contributed by atoms with van der Waals surface area (Å²) in [6, 6.07) is 0. The normalized spacial score (nSPS) is 15.7. The first-order valence-corrected chi connectivity index (χ1v) is 5.00. The molecule has 0 bridgehead atoms. The third-order valence-electron chi connectivity index (χ3n) is 3.27. The van der Waals surface area contributed by atoms with Crippen LogP contribution in [0.5, 0.6) is 0 Å². The molecule has 1 unspecified atom stereocenters. The van der Waals surface area contributed by atoms with Crippen molar-refractivity contribution >= 4 is 0 Å². The SMILES string of the molecule is C#CCCCC(C)(CC)C(C)C. The maximum atomic E-state index is 5.23. The van der Waals surface area contributed by atoms with Gasteiger partial charge in [0.1, 0.15) is 0 Å². The summed E-state index contributed by atoms with van der Waals surface area (Å²) >= 11 is 0. The van der Waals surface area contributed by atoms with Crippen LogP contribution in [-0.2, 0) is 0 Å². The molecule has 12 heavy (non-hydrogen) atoms. The molecular formula is C12H22. The number of rotatable bonds is 5. The standard InChI is InChI=1S/C12H22/c1-6-8-9-10-12(5,7-2)11(3)4/h1,11H,7-10H2,2-5H3. The van der Waals surface area contributed by atoms with E-state index in [2.05, 4.69) is 33.6 Å². The molecule has 0 radical (unpaired) electrons. The topological polar surface area (TPSA) is 0 Å². The quantitative estimate of drug-likeness (QED) is 0.430. The molecule has 0 nitrogen and oxygen atoms in total. The van der Waals surface area contributed by atoms with Crippen LogP contribution in [-0.4, -0.2) is 0 Å². The number of terminal acetylenes is 1. The molecule has 0 aliphatic heterocycles. The Kier molecular flexibility index (Phi) is 5.06. The predicted molar refractivity (Wildman–Crippen MR) is 55.9 cm³/mol. The van der Waals surface area contributed by atoms with Crippen LogP contribution in [0.1, 0.15) is 53.4 Å². The molecular weight excluding hydrogens is 144 g/mol. The van der Waals surface area contributed by atoms with Gasteiger partial charge in [-0.1, -0.05) is 34.1 Å². The Labute approximate surface area is 77.8 Å². The Morgan fingerprint density at radius 3 is 2.33 bits per heavy atom. The van der Waals surface area contributed by atoms with Gasteiger partial charge in [0.2, 0.25) is 0 Å². The zero-order valence-electron chi connectivity index (χ0n) is 8.98. The number of unbranched alkanes of at least 4 members (excludes halogenated alkanes) is 1. The van der Waals surface area contributed by atoms with E-state index in [-0.39, 0.29) is 0 Å². The van der Waals surface area contributed by atoms with Crippen LogP contribution in [0.15, 0.2) is 0 Å². The second-order valence-electron chi connectivity index (χ2n) is 4.22. The summed E-state index contributed by atoms with van der Waals surface area (Å²) in [4.78, 5) is 0. The van der Waals surface area contributed by atoms with Crippen LogP contribution < -0.4 is 0 Å². The third kappa shape index (κ3) is 3.30. The molecule has 0 aromatic rings. The molecule has 0 aliphatic rings. The summed E-state index contributed by atoms with van der Waals surface area (Å²) < 4.78 is 0.